The number of aromatic nitrogens is 2. The first-order chi connectivity index (χ1) is 8.33. The molecule has 0 bridgehead atoms. The number of nitrogens with zero attached hydrogens (tertiary/aromatic N) is 3. The van der Waals surface area contributed by atoms with E-state index in [4.69, 9.17) is 11.6 Å². The number of hydrogen-bond acceptors (Lipinski definition) is 5. The fourth-order valence-electron chi connectivity index (χ4n) is 1.04. The van der Waals surface area contributed by atoms with E-state index < -0.39 is 10.0 Å². The first-order valence-electron chi connectivity index (χ1n) is 5.00. The number of carbonyl (C=O) groups excluding carboxylic acids is 1. The van der Waals surface area contributed by atoms with E-state index in [1.165, 1.54) is 4.90 Å². The van der Waals surface area contributed by atoms with Gasteiger partial charge in [-0.3, -0.25) is 4.79 Å². The molecule has 7 nitrogen and oxygen atoms in total. The highest BCUT2D eigenvalue weighted by Gasteiger charge is 2.15. The topological polar surface area (TPSA) is 92.3 Å². The molecule has 1 aromatic rings. The highest BCUT2D eigenvalue weighted by Crippen LogP contribution is 2.07. The van der Waals surface area contributed by atoms with Gasteiger partial charge in [0.2, 0.25) is 21.2 Å². The third kappa shape index (κ3) is 4.21. The molecule has 1 heterocycles. The largest absolute Gasteiger partial charge is 0.349 e. The van der Waals surface area contributed by atoms with E-state index in [2.05, 4.69) is 14.7 Å². The summed E-state index contributed by atoms with van der Waals surface area (Å²) in [6, 6.07) is 0. The normalized spacial score (nSPS) is 11.3. The van der Waals surface area contributed by atoms with Crippen LogP contribution < -0.4 is 4.72 Å². The van der Waals surface area contributed by atoms with Crippen molar-refractivity contribution in [3.05, 3.63) is 17.7 Å². The van der Waals surface area contributed by atoms with Gasteiger partial charge in [-0.1, -0.05) is 0 Å². The summed E-state index contributed by atoms with van der Waals surface area (Å²) in [7, 11) is -0.501. The van der Waals surface area contributed by atoms with E-state index in [1.54, 1.807) is 14.1 Å². The maximum Gasteiger partial charge on any atom is 0.243 e. The van der Waals surface area contributed by atoms with E-state index >= 15 is 0 Å². The molecule has 100 valence electrons. The fraction of sp³-hybridized carbons (Fsp3) is 0.444. The van der Waals surface area contributed by atoms with Gasteiger partial charge in [0, 0.05) is 27.1 Å². The van der Waals surface area contributed by atoms with Gasteiger partial charge < -0.3 is 4.90 Å². The van der Waals surface area contributed by atoms with E-state index in [1.807, 2.05) is 0 Å². The van der Waals surface area contributed by atoms with Crippen LogP contribution in [0.3, 0.4) is 0 Å². The van der Waals surface area contributed by atoms with Crippen molar-refractivity contribution in [2.45, 2.75) is 11.3 Å². The Morgan fingerprint density at radius 2 is 1.94 bits per heavy atom. The smallest absolute Gasteiger partial charge is 0.243 e. The summed E-state index contributed by atoms with van der Waals surface area (Å²) in [5, 5.41) is -0.0308. The number of carbonyl (C=O) groups is 1. The Morgan fingerprint density at radius 1 is 1.39 bits per heavy atom. The molecule has 0 radical (unpaired) electrons. The lowest BCUT2D eigenvalue weighted by Gasteiger charge is -2.10. The fourth-order valence-corrected chi connectivity index (χ4v) is 2.06. The maximum atomic E-state index is 11.7. The lowest BCUT2D eigenvalue weighted by atomic mass is 10.4. The predicted molar refractivity (Wildman–Crippen MR) is 65.5 cm³/mol. The zero-order valence-electron chi connectivity index (χ0n) is 9.92. The van der Waals surface area contributed by atoms with Crippen LogP contribution in [0.5, 0.6) is 0 Å². The number of sulfonamides is 1. The SMILES string of the molecule is CN(C)C(=O)CCNS(=O)(=O)c1cnc(Cl)nc1. The van der Waals surface area contributed by atoms with Crippen LogP contribution in [0, 0.1) is 0 Å². The first-order valence-corrected chi connectivity index (χ1v) is 6.86. The Hall–Kier alpha value is -1.25. The summed E-state index contributed by atoms with van der Waals surface area (Å²) in [5.74, 6) is -0.162. The van der Waals surface area contributed by atoms with Gasteiger partial charge in [-0.15, -0.1) is 0 Å². The second-order valence-electron chi connectivity index (χ2n) is 3.62. The monoisotopic (exact) mass is 292 g/mol. The molecule has 0 atom stereocenters. The Balaban J connectivity index is 2.61. The van der Waals surface area contributed by atoms with Crippen molar-refractivity contribution in [2.24, 2.45) is 0 Å². The molecule has 0 saturated carbocycles. The minimum atomic E-state index is -3.70. The van der Waals surface area contributed by atoms with Gasteiger partial charge in [0.15, 0.2) is 0 Å². The van der Waals surface area contributed by atoms with Crippen molar-refractivity contribution in [2.75, 3.05) is 20.6 Å². The molecule has 0 aliphatic carbocycles. The number of amides is 1. The zero-order chi connectivity index (χ0) is 13.8. The van der Waals surface area contributed by atoms with Crippen LogP contribution in [0.4, 0.5) is 0 Å². The van der Waals surface area contributed by atoms with E-state index in [-0.39, 0.29) is 29.1 Å². The van der Waals surface area contributed by atoms with Crippen LogP contribution in [0.1, 0.15) is 6.42 Å². The molecule has 0 unspecified atom stereocenters. The lowest BCUT2D eigenvalue weighted by Crippen LogP contribution is -2.30. The van der Waals surface area contributed by atoms with Gasteiger partial charge >= 0.3 is 0 Å². The maximum absolute atomic E-state index is 11.7. The summed E-state index contributed by atoms with van der Waals surface area (Å²) < 4.78 is 25.8. The van der Waals surface area contributed by atoms with Gasteiger partial charge in [-0.2, -0.15) is 0 Å². The second-order valence-corrected chi connectivity index (χ2v) is 5.73. The van der Waals surface area contributed by atoms with Gasteiger partial charge in [0.05, 0.1) is 12.4 Å². The zero-order valence-corrected chi connectivity index (χ0v) is 11.5. The van der Waals surface area contributed by atoms with Crippen LogP contribution >= 0.6 is 11.6 Å². The number of rotatable bonds is 5. The second kappa shape index (κ2) is 6.07. The number of hydrogen-bond donors (Lipinski definition) is 1. The van der Waals surface area contributed by atoms with E-state index in [9.17, 15) is 13.2 Å². The molecular weight excluding hydrogens is 280 g/mol. The molecule has 0 saturated heterocycles. The van der Waals surface area contributed by atoms with Crippen LogP contribution in [0.15, 0.2) is 17.3 Å². The molecule has 18 heavy (non-hydrogen) atoms. The average molecular weight is 293 g/mol. The van der Waals surface area contributed by atoms with Gasteiger partial charge in [-0.25, -0.2) is 23.1 Å². The lowest BCUT2D eigenvalue weighted by molar-refractivity contribution is -0.128. The van der Waals surface area contributed by atoms with Crippen LogP contribution in [-0.4, -0.2) is 49.8 Å². The molecule has 1 amide bonds. The summed E-state index contributed by atoms with van der Waals surface area (Å²) in [4.78, 5) is 19.7. The van der Waals surface area contributed by atoms with Crippen LogP contribution in [0.25, 0.3) is 0 Å². The highest BCUT2D eigenvalue weighted by atomic mass is 35.5. The molecule has 1 rings (SSSR count). The quantitative estimate of drug-likeness (QED) is 0.764. The molecule has 0 fully saturated rings. The first kappa shape index (κ1) is 14.8. The molecular formula is C9H13ClN4O3S. The molecule has 0 aromatic carbocycles. The Kier molecular flexibility index (Phi) is 5.00. The van der Waals surface area contributed by atoms with Crippen molar-refractivity contribution in [3.8, 4) is 0 Å². The standard InChI is InChI=1S/C9H13ClN4O3S/c1-14(2)8(15)3-4-13-18(16,17)7-5-11-9(10)12-6-7/h5-6,13H,3-4H2,1-2H3. The average Bonchev–Trinajstić information content (AvgIpc) is 2.29. The molecule has 9 heteroatoms. The summed E-state index contributed by atoms with van der Waals surface area (Å²) in [6.07, 6.45) is 2.29. The van der Waals surface area contributed by atoms with Crippen molar-refractivity contribution < 1.29 is 13.2 Å². The van der Waals surface area contributed by atoms with Crippen LogP contribution in [0.2, 0.25) is 5.28 Å². The van der Waals surface area contributed by atoms with Crippen LogP contribution in [-0.2, 0) is 14.8 Å². The van der Waals surface area contributed by atoms with Gasteiger partial charge in [0.1, 0.15) is 4.90 Å². The Bertz CT molecular complexity index is 515. The molecule has 1 N–H and O–H groups in total. The van der Waals surface area contributed by atoms with E-state index in [0.717, 1.165) is 12.4 Å². The van der Waals surface area contributed by atoms with Crippen molar-refractivity contribution in [1.29, 1.82) is 0 Å². The molecule has 0 aliphatic rings. The number of nitrogens with one attached hydrogen (secondary N) is 1. The molecule has 1 aromatic heterocycles. The third-order valence-electron chi connectivity index (χ3n) is 2.04. The van der Waals surface area contributed by atoms with Crippen molar-refractivity contribution >= 4 is 27.5 Å². The minimum absolute atomic E-state index is 0.0158. The van der Waals surface area contributed by atoms with Crippen molar-refractivity contribution in [3.63, 3.8) is 0 Å². The van der Waals surface area contributed by atoms with Gasteiger partial charge in [-0.05, 0) is 11.6 Å². The summed E-state index contributed by atoms with van der Waals surface area (Å²) in [6.45, 7) is 0.0158. The predicted octanol–water partition coefficient (Wildman–Crippen LogP) is -0.113. The summed E-state index contributed by atoms with van der Waals surface area (Å²) in [5.41, 5.74) is 0. The van der Waals surface area contributed by atoms with Gasteiger partial charge in [0.25, 0.3) is 0 Å². The highest BCUT2D eigenvalue weighted by molar-refractivity contribution is 7.89. The molecule has 0 aliphatic heterocycles. The minimum Gasteiger partial charge on any atom is -0.349 e. The van der Waals surface area contributed by atoms with E-state index in [0.29, 0.717) is 0 Å². The van der Waals surface area contributed by atoms with Crippen molar-refractivity contribution in [1.82, 2.24) is 19.6 Å². The third-order valence-corrected chi connectivity index (χ3v) is 3.65. The summed E-state index contributed by atoms with van der Waals surface area (Å²) >= 11 is 5.45. The number of halogens is 1. The molecule has 0 spiro atoms. The Morgan fingerprint density at radius 3 is 2.44 bits per heavy atom. The Labute approximate surface area is 110 Å².